The summed E-state index contributed by atoms with van der Waals surface area (Å²) in [5.41, 5.74) is 0.251. The Bertz CT molecular complexity index is 1170. The van der Waals surface area contributed by atoms with Crippen LogP contribution < -0.4 is 10.3 Å². The third-order valence-corrected chi connectivity index (χ3v) is 5.43. The molecule has 0 radical (unpaired) electrons. The zero-order valence-corrected chi connectivity index (χ0v) is 17.3. The molecule has 3 aromatic rings. The quantitative estimate of drug-likeness (QED) is 0.382. The van der Waals surface area contributed by atoms with Gasteiger partial charge in [0.1, 0.15) is 36.0 Å². The first-order chi connectivity index (χ1) is 14.8. The number of nitrogens with one attached hydrogen (secondary N) is 1. The number of hydrogen-bond acceptors (Lipinski definition) is 8. The maximum atomic E-state index is 12.5. The lowest BCUT2D eigenvalue weighted by atomic mass is 9.99. The molecule has 5 N–H and O–H groups in total. The van der Waals surface area contributed by atoms with Crippen LogP contribution in [0.5, 0.6) is 5.75 Å². The molecule has 5 atom stereocenters. The van der Waals surface area contributed by atoms with E-state index in [1.807, 2.05) is 0 Å². The van der Waals surface area contributed by atoms with E-state index in [2.05, 4.69) is 9.97 Å². The van der Waals surface area contributed by atoms with Crippen molar-refractivity contribution in [2.24, 2.45) is 0 Å². The molecule has 31 heavy (non-hydrogen) atoms. The second-order valence-electron chi connectivity index (χ2n) is 7.03. The first-order valence-electron chi connectivity index (χ1n) is 9.25. The lowest BCUT2D eigenvalue weighted by Crippen LogP contribution is -2.60. The Morgan fingerprint density at radius 3 is 2.48 bits per heavy atom. The lowest BCUT2D eigenvalue weighted by Gasteiger charge is -2.39. The smallest absolute Gasteiger partial charge is 0.259 e. The summed E-state index contributed by atoms with van der Waals surface area (Å²) in [5, 5.41) is 40.6. The monoisotopic (exact) mass is 468 g/mol. The molecule has 0 spiro atoms. The van der Waals surface area contributed by atoms with Crippen molar-refractivity contribution < 1.29 is 29.9 Å². The molecule has 1 fully saturated rings. The van der Waals surface area contributed by atoms with Crippen molar-refractivity contribution in [2.75, 3.05) is 6.61 Å². The highest BCUT2D eigenvalue weighted by molar-refractivity contribution is 6.31. The number of benzene rings is 2. The van der Waals surface area contributed by atoms with Gasteiger partial charge >= 0.3 is 0 Å². The van der Waals surface area contributed by atoms with Crippen LogP contribution in [0.4, 0.5) is 0 Å². The number of aromatic nitrogens is 2. The number of halogens is 2. The molecule has 9 nitrogen and oxygen atoms in total. The second-order valence-corrected chi connectivity index (χ2v) is 7.90. The number of fused-ring (bicyclic) bond motifs is 1. The predicted molar refractivity (Wildman–Crippen MR) is 112 cm³/mol. The van der Waals surface area contributed by atoms with Crippen molar-refractivity contribution in [3.8, 4) is 17.1 Å². The SMILES string of the molecule is O=c1[nH]c(-c2cc(Cl)ccc2O[C@@H]2OC(CO)[C@H](O)C(O)C2O)nc2ccc(Cl)cc12. The minimum absolute atomic E-state index is 0.130. The Morgan fingerprint density at radius 1 is 1.03 bits per heavy atom. The third-order valence-electron chi connectivity index (χ3n) is 4.96. The van der Waals surface area contributed by atoms with E-state index in [1.54, 1.807) is 12.1 Å². The third kappa shape index (κ3) is 4.26. The molecule has 3 unspecified atom stereocenters. The molecule has 1 aliphatic heterocycles. The van der Waals surface area contributed by atoms with Gasteiger partial charge in [-0.1, -0.05) is 23.2 Å². The minimum Gasteiger partial charge on any atom is -0.461 e. The van der Waals surface area contributed by atoms with Crippen LogP contribution in [0.2, 0.25) is 10.0 Å². The zero-order chi connectivity index (χ0) is 22.3. The topological polar surface area (TPSA) is 145 Å². The van der Waals surface area contributed by atoms with Crippen LogP contribution >= 0.6 is 23.2 Å². The van der Waals surface area contributed by atoms with Crippen molar-refractivity contribution in [3.63, 3.8) is 0 Å². The fourth-order valence-corrected chi connectivity index (χ4v) is 3.66. The van der Waals surface area contributed by atoms with Gasteiger partial charge < -0.3 is 34.9 Å². The van der Waals surface area contributed by atoms with Crippen LogP contribution in [-0.2, 0) is 4.74 Å². The normalized spacial score (nSPS) is 26.2. The van der Waals surface area contributed by atoms with Gasteiger partial charge in [0.15, 0.2) is 0 Å². The summed E-state index contributed by atoms with van der Waals surface area (Å²) in [6.45, 7) is -0.597. The first-order valence-corrected chi connectivity index (χ1v) is 10.0. The predicted octanol–water partition coefficient (Wildman–Crippen LogP) is 1.08. The van der Waals surface area contributed by atoms with Crippen molar-refractivity contribution in [3.05, 3.63) is 56.8 Å². The molecular weight excluding hydrogens is 451 g/mol. The largest absolute Gasteiger partial charge is 0.461 e. The summed E-state index contributed by atoms with van der Waals surface area (Å²) in [6, 6.07) is 9.19. The zero-order valence-electron chi connectivity index (χ0n) is 15.8. The molecule has 164 valence electrons. The van der Waals surface area contributed by atoms with Gasteiger partial charge in [-0.2, -0.15) is 0 Å². The molecule has 0 aliphatic carbocycles. The fraction of sp³-hybridized carbons (Fsp3) is 0.300. The van der Waals surface area contributed by atoms with Gasteiger partial charge in [-0.05, 0) is 36.4 Å². The molecule has 4 rings (SSSR count). The molecule has 2 heterocycles. The molecular formula is C20H18Cl2N2O7. The van der Waals surface area contributed by atoms with Gasteiger partial charge in [-0.3, -0.25) is 4.79 Å². The highest BCUT2D eigenvalue weighted by Crippen LogP contribution is 2.33. The Hall–Kier alpha value is -2.24. The van der Waals surface area contributed by atoms with Crippen molar-refractivity contribution in [1.82, 2.24) is 9.97 Å². The van der Waals surface area contributed by atoms with Crippen LogP contribution in [-0.4, -0.2) is 67.7 Å². The number of aliphatic hydroxyl groups is 4. The first kappa shape index (κ1) is 22.0. The van der Waals surface area contributed by atoms with E-state index < -0.39 is 42.9 Å². The summed E-state index contributed by atoms with van der Waals surface area (Å²) < 4.78 is 11.1. The number of hydrogen-bond donors (Lipinski definition) is 5. The van der Waals surface area contributed by atoms with E-state index in [9.17, 15) is 25.2 Å². The van der Waals surface area contributed by atoms with Crippen LogP contribution in [0.25, 0.3) is 22.3 Å². The number of ether oxygens (including phenoxy) is 2. The average Bonchev–Trinajstić information content (AvgIpc) is 2.75. The van der Waals surface area contributed by atoms with Crippen LogP contribution in [0, 0.1) is 0 Å². The molecule has 0 bridgehead atoms. The number of nitrogens with zero attached hydrogens (tertiary/aromatic N) is 1. The highest BCUT2D eigenvalue weighted by atomic mass is 35.5. The van der Waals surface area contributed by atoms with Gasteiger partial charge in [-0.25, -0.2) is 4.98 Å². The summed E-state index contributed by atoms with van der Waals surface area (Å²) in [5.74, 6) is 0.270. The van der Waals surface area contributed by atoms with Crippen LogP contribution in [0.1, 0.15) is 0 Å². The molecule has 1 saturated heterocycles. The minimum atomic E-state index is -1.60. The fourth-order valence-electron chi connectivity index (χ4n) is 3.32. The maximum Gasteiger partial charge on any atom is 0.259 e. The Kier molecular flexibility index (Phi) is 6.18. The Morgan fingerprint density at radius 2 is 1.74 bits per heavy atom. The van der Waals surface area contributed by atoms with Crippen molar-refractivity contribution in [2.45, 2.75) is 30.7 Å². The van der Waals surface area contributed by atoms with E-state index in [1.165, 1.54) is 24.3 Å². The van der Waals surface area contributed by atoms with Crippen LogP contribution in [0.15, 0.2) is 41.2 Å². The molecule has 11 heteroatoms. The number of aromatic amines is 1. The maximum absolute atomic E-state index is 12.5. The summed E-state index contributed by atoms with van der Waals surface area (Å²) in [6.07, 6.45) is -7.28. The van der Waals surface area contributed by atoms with E-state index in [0.29, 0.717) is 26.5 Å². The number of H-pyrrole nitrogens is 1. The molecule has 1 aromatic heterocycles. The average molecular weight is 469 g/mol. The Balaban J connectivity index is 1.75. The van der Waals surface area contributed by atoms with E-state index in [0.717, 1.165) is 0 Å². The van der Waals surface area contributed by atoms with Crippen molar-refractivity contribution in [1.29, 1.82) is 0 Å². The molecule has 2 aromatic carbocycles. The van der Waals surface area contributed by atoms with Gasteiger partial charge in [0.05, 0.1) is 23.1 Å². The summed E-state index contributed by atoms with van der Waals surface area (Å²) in [4.78, 5) is 19.6. The highest BCUT2D eigenvalue weighted by Gasteiger charge is 2.44. The van der Waals surface area contributed by atoms with Gasteiger partial charge in [0.25, 0.3) is 5.56 Å². The van der Waals surface area contributed by atoms with Crippen LogP contribution in [0.3, 0.4) is 0 Å². The lowest BCUT2D eigenvalue weighted by molar-refractivity contribution is -0.277. The van der Waals surface area contributed by atoms with Gasteiger partial charge in [-0.15, -0.1) is 0 Å². The molecule has 1 aliphatic rings. The van der Waals surface area contributed by atoms with Gasteiger partial charge in [0.2, 0.25) is 6.29 Å². The molecule has 0 saturated carbocycles. The van der Waals surface area contributed by atoms with E-state index in [4.69, 9.17) is 32.7 Å². The summed E-state index contributed by atoms with van der Waals surface area (Å²) >= 11 is 12.1. The van der Waals surface area contributed by atoms with E-state index >= 15 is 0 Å². The van der Waals surface area contributed by atoms with Crippen molar-refractivity contribution >= 4 is 34.1 Å². The van der Waals surface area contributed by atoms with E-state index in [-0.39, 0.29) is 11.6 Å². The Labute approximate surface area is 185 Å². The van der Waals surface area contributed by atoms with Gasteiger partial charge in [0, 0.05) is 10.0 Å². The summed E-state index contributed by atoms with van der Waals surface area (Å²) in [7, 11) is 0. The second kappa shape index (κ2) is 8.71. The number of aliphatic hydroxyl groups excluding tert-OH is 4. The standard InChI is InChI=1S/C20H18Cl2N2O7/c21-8-1-3-12-10(5-8)19(29)24-18(23-12)11-6-9(22)2-4-13(11)30-20-17(28)16(27)15(26)14(7-25)31-20/h1-6,14-17,20,25-28H,7H2,(H,23,24,29)/t14?,15-,16?,17?,20+/m0/s1. The molecule has 0 amide bonds. The number of rotatable bonds is 4.